The number of carbonyl (C=O) groups is 1. The summed E-state index contributed by atoms with van der Waals surface area (Å²) in [5.74, 6) is -0.286. The van der Waals surface area contributed by atoms with Gasteiger partial charge in [0.15, 0.2) is 5.78 Å². The summed E-state index contributed by atoms with van der Waals surface area (Å²) in [6, 6.07) is 5.49. The molecule has 0 aliphatic heterocycles. The van der Waals surface area contributed by atoms with Crippen molar-refractivity contribution < 1.29 is 19.9 Å². The van der Waals surface area contributed by atoms with Crippen LogP contribution in [0.15, 0.2) is 24.3 Å². The van der Waals surface area contributed by atoms with Crippen LogP contribution in [0.2, 0.25) is 0 Å². The molecule has 104 valence electrons. The minimum atomic E-state index is -0.560. The number of nitro groups is 1. The van der Waals surface area contributed by atoms with Crippen LogP contribution in [0.1, 0.15) is 10.4 Å². The van der Waals surface area contributed by atoms with Crippen LogP contribution in [0.3, 0.4) is 0 Å². The summed E-state index contributed by atoms with van der Waals surface area (Å²) in [6.45, 7) is 0.287. The smallest absolute Gasteiger partial charge is 0.270 e. The second-order valence-corrected chi connectivity index (χ2v) is 3.95. The number of rotatable bonds is 8. The zero-order valence-electron chi connectivity index (χ0n) is 10.4. The maximum Gasteiger partial charge on any atom is 0.270 e. The Bertz CT molecular complexity index is 444. The molecule has 0 aromatic heterocycles. The quantitative estimate of drug-likeness (QED) is 0.392. The molecular weight excluding hydrogens is 252 g/mol. The summed E-state index contributed by atoms with van der Waals surface area (Å²) in [4.78, 5) is 23.6. The van der Waals surface area contributed by atoms with E-state index < -0.39 is 4.92 Å². The molecule has 0 heterocycles. The van der Waals surface area contributed by atoms with Gasteiger partial charge in [-0.05, 0) is 0 Å². The number of nitrogens with zero attached hydrogens (tertiary/aromatic N) is 2. The number of benzene rings is 1. The first kappa shape index (κ1) is 15.2. The predicted molar refractivity (Wildman–Crippen MR) is 68.0 cm³/mol. The molecule has 0 atom stereocenters. The van der Waals surface area contributed by atoms with E-state index in [0.717, 1.165) is 0 Å². The van der Waals surface area contributed by atoms with Crippen LogP contribution in [-0.4, -0.2) is 58.7 Å². The molecule has 19 heavy (non-hydrogen) atoms. The molecule has 0 unspecified atom stereocenters. The SMILES string of the molecule is O=C(CN(CCO)CCO)c1cccc([N+](=O)[O-])c1. The number of nitro benzene ring substituents is 1. The highest BCUT2D eigenvalue weighted by molar-refractivity contribution is 5.98. The van der Waals surface area contributed by atoms with E-state index in [9.17, 15) is 14.9 Å². The summed E-state index contributed by atoms with van der Waals surface area (Å²) in [5, 5.41) is 28.3. The van der Waals surface area contributed by atoms with Gasteiger partial charge in [0.2, 0.25) is 0 Å². The molecule has 1 rings (SSSR count). The van der Waals surface area contributed by atoms with Gasteiger partial charge < -0.3 is 10.2 Å². The fourth-order valence-electron chi connectivity index (χ4n) is 1.64. The summed E-state index contributed by atoms with van der Waals surface area (Å²) in [5.41, 5.74) is 0.108. The Balaban J connectivity index is 2.76. The number of hydrogen-bond donors (Lipinski definition) is 2. The largest absolute Gasteiger partial charge is 0.395 e. The van der Waals surface area contributed by atoms with Crippen molar-refractivity contribution >= 4 is 11.5 Å². The number of aliphatic hydroxyl groups is 2. The van der Waals surface area contributed by atoms with E-state index in [2.05, 4.69) is 0 Å². The molecule has 0 saturated heterocycles. The van der Waals surface area contributed by atoms with Gasteiger partial charge in [0.1, 0.15) is 0 Å². The molecule has 2 N–H and O–H groups in total. The maximum absolute atomic E-state index is 12.0. The van der Waals surface area contributed by atoms with Gasteiger partial charge in [0, 0.05) is 30.8 Å². The Kier molecular flexibility index (Phi) is 6.07. The third-order valence-electron chi connectivity index (χ3n) is 2.58. The van der Waals surface area contributed by atoms with Crippen molar-refractivity contribution in [2.45, 2.75) is 0 Å². The Labute approximate surface area is 110 Å². The zero-order valence-corrected chi connectivity index (χ0v) is 10.4. The van der Waals surface area contributed by atoms with Crippen molar-refractivity contribution in [3.8, 4) is 0 Å². The van der Waals surface area contributed by atoms with Crippen LogP contribution in [0.5, 0.6) is 0 Å². The zero-order chi connectivity index (χ0) is 14.3. The van der Waals surface area contributed by atoms with E-state index in [1.807, 2.05) is 0 Å². The lowest BCUT2D eigenvalue weighted by atomic mass is 10.1. The third kappa shape index (κ3) is 4.74. The van der Waals surface area contributed by atoms with Gasteiger partial charge in [0.05, 0.1) is 24.7 Å². The fourth-order valence-corrected chi connectivity index (χ4v) is 1.64. The van der Waals surface area contributed by atoms with Crippen LogP contribution in [0, 0.1) is 10.1 Å². The van der Waals surface area contributed by atoms with Crippen LogP contribution >= 0.6 is 0 Å². The molecular formula is C12H16N2O5. The van der Waals surface area contributed by atoms with Crippen LogP contribution in [0.25, 0.3) is 0 Å². The Hall–Kier alpha value is -1.83. The number of carbonyl (C=O) groups excluding carboxylic acids is 1. The van der Waals surface area contributed by atoms with Crippen molar-refractivity contribution in [3.63, 3.8) is 0 Å². The van der Waals surface area contributed by atoms with Crippen molar-refractivity contribution in [2.24, 2.45) is 0 Å². The molecule has 0 spiro atoms. The first-order valence-electron chi connectivity index (χ1n) is 5.80. The molecule has 0 fully saturated rings. The molecule has 0 radical (unpaired) electrons. The van der Waals surface area contributed by atoms with Gasteiger partial charge in [-0.15, -0.1) is 0 Å². The monoisotopic (exact) mass is 268 g/mol. The first-order valence-corrected chi connectivity index (χ1v) is 5.80. The summed E-state index contributed by atoms with van der Waals surface area (Å²) in [6.07, 6.45) is 0. The van der Waals surface area contributed by atoms with Gasteiger partial charge in [-0.25, -0.2) is 0 Å². The normalized spacial score (nSPS) is 10.7. The molecule has 1 aromatic rings. The summed E-state index contributed by atoms with van der Waals surface area (Å²) in [7, 11) is 0. The minimum absolute atomic E-state index is 0.00227. The lowest BCUT2D eigenvalue weighted by Gasteiger charge is -2.18. The lowest BCUT2D eigenvalue weighted by Crippen LogP contribution is -2.34. The van der Waals surface area contributed by atoms with Gasteiger partial charge >= 0.3 is 0 Å². The molecule has 0 aliphatic rings. The fraction of sp³-hybridized carbons (Fsp3) is 0.417. The highest BCUT2D eigenvalue weighted by Crippen LogP contribution is 2.13. The van der Waals surface area contributed by atoms with Crippen LogP contribution < -0.4 is 0 Å². The molecule has 1 aromatic carbocycles. The number of Topliss-reactive ketones (excluding diaryl/α,β-unsaturated/α-hetero) is 1. The van der Waals surface area contributed by atoms with E-state index >= 15 is 0 Å². The van der Waals surface area contributed by atoms with E-state index in [4.69, 9.17) is 10.2 Å². The van der Waals surface area contributed by atoms with Crippen molar-refractivity contribution in [1.29, 1.82) is 0 Å². The second-order valence-electron chi connectivity index (χ2n) is 3.95. The van der Waals surface area contributed by atoms with Gasteiger partial charge in [-0.2, -0.15) is 0 Å². The van der Waals surface area contributed by atoms with Crippen LogP contribution in [0.4, 0.5) is 5.69 Å². The topological polar surface area (TPSA) is 104 Å². The van der Waals surface area contributed by atoms with E-state index in [0.29, 0.717) is 0 Å². The number of non-ortho nitro benzene ring substituents is 1. The summed E-state index contributed by atoms with van der Waals surface area (Å²) >= 11 is 0. The van der Waals surface area contributed by atoms with Gasteiger partial charge in [-0.3, -0.25) is 19.8 Å². The molecule has 7 heteroatoms. The molecule has 7 nitrogen and oxygen atoms in total. The highest BCUT2D eigenvalue weighted by atomic mass is 16.6. The standard InChI is InChI=1S/C12H16N2O5/c15-6-4-13(5-7-16)9-12(17)10-2-1-3-11(8-10)14(18)19/h1-3,8,15-16H,4-7,9H2. The van der Waals surface area contributed by atoms with E-state index in [1.165, 1.54) is 24.3 Å². The lowest BCUT2D eigenvalue weighted by molar-refractivity contribution is -0.384. The Morgan fingerprint density at radius 2 is 1.89 bits per heavy atom. The Morgan fingerprint density at radius 3 is 2.42 bits per heavy atom. The summed E-state index contributed by atoms with van der Waals surface area (Å²) < 4.78 is 0. The molecule has 0 saturated carbocycles. The highest BCUT2D eigenvalue weighted by Gasteiger charge is 2.14. The average molecular weight is 268 g/mol. The van der Waals surface area contributed by atoms with Gasteiger partial charge in [0.25, 0.3) is 5.69 Å². The van der Waals surface area contributed by atoms with Crippen molar-refractivity contribution in [3.05, 3.63) is 39.9 Å². The van der Waals surface area contributed by atoms with E-state index in [-0.39, 0.29) is 49.9 Å². The van der Waals surface area contributed by atoms with Crippen molar-refractivity contribution in [1.82, 2.24) is 4.90 Å². The first-order chi connectivity index (χ1) is 9.08. The Morgan fingerprint density at radius 1 is 1.26 bits per heavy atom. The predicted octanol–water partition coefficient (Wildman–Crippen LogP) is 0.0641. The second kappa shape index (κ2) is 7.57. The molecule has 0 amide bonds. The average Bonchev–Trinajstić information content (AvgIpc) is 2.39. The van der Waals surface area contributed by atoms with E-state index in [1.54, 1.807) is 4.90 Å². The maximum atomic E-state index is 12.0. The number of ketones is 1. The third-order valence-corrected chi connectivity index (χ3v) is 2.58. The minimum Gasteiger partial charge on any atom is -0.395 e. The van der Waals surface area contributed by atoms with Crippen molar-refractivity contribution in [2.75, 3.05) is 32.8 Å². The van der Waals surface area contributed by atoms with Crippen LogP contribution in [-0.2, 0) is 0 Å². The number of hydrogen-bond acceptors (Lipinski definition) is 6. The molecule has 0 bridgehead atoms. The number of aliphatic hydroxyl groups excluding tert-OH is 2. The molecule has 0 aliphatic carbocycles. The van der Waals surface area contributed by atoms with Gasteiger partial charge in [-0.1, -0.05) is 12.1 Å².